The zero-order valence-corrected chi connectivity index (χ0v) is 14.3. The highest BCUT2D eigenvalue weighted by atomic mass is 79.9. The second-order valence-electron chi connectivity index (χ2n) is 5.62. The van der Waals surface area contributed by atoms with Crippen molar-refractivity contribution >= 4 is 15.9 Å². The van der Waals surface area contributed by atoms with Gasteiger partial charge < -0.3 is 5.32 Å². The third-order valence-corrected chi connectivity index (χ3v) is 5.30. The number of benzene rings is 1. The molecule has 0 spiro atoms. The van der Waals surface area contributed by atoms with Crippen molar-refractivity contribution in [1.82, 2.24) is 15.3 Å². The zero-order chi connectivity index (χ0) is 15.0. The topological polar surface area (TPSA) is 37.8 Å². The zero-order valence-electron chi connectivity index (χ0n) is 12.8. The van der Waals surface area contributed by atoms with Gasteiger partial charge in [-0.2, -0.15) is 0 Å². The Bertz CT molecular complexity index is 654. The van der Waals surface area contributed by atoms with Crippen LogP contribution in [0.4, 0.5) is 0 Å². The Balaban J connectivity index is 2.15. The average molecular weight is 346 g/mol. The Hall–Kier alpha value is -1.26. The van der Waals surface area contributed by atoms with Crippen LogP contribution in [0.25, 0.3) is 11.4 Å². The van der Waals surface area contributed by atoms with Gasteiger partial charge in [-0.1, -0.05) is 22.9 Å². The molecular formula is C17H20BrN3. The number of nitrogens with zero attached hydrogens (tertiary/aromatic N) is 2. The fourth-order valence-electron chi connectivity index (χ4n) is 2.93. The molecule has 0 atom stereocenters. The molecule has 0 fully saturated rings. The Labute approximate surface area is 134 Å². The normalized spacial score (nSPS) is 14.1. The number of aryl methyl sites for hydroxylation is 3. The summed E-state index contributed by atoms with van der Waals surface area (Å²) in [6, 6.07) is 4.32. The molecule has 4 heteroatoms. The van der Waals surface area contributed by atoms with Gasteiger partial charge in [0.05, 0.1) is 5.69 Å². The molecule has 0 radical (unpaired) electrons. The van der Waals surface area contributed by atoms with Crippen molar-refractivity contribution in [2.45, 2.75) is 40.2 Å². The lowest BCUT2D eigenvalue weighted by Gasteiger charge is -2.20. The van der Waals surface area contributed by atoms with E-state index in [0.29, 0.717) is 0 Å². The summed E-state index contributed by atoms with van der Waals surface area (Å²) in [6.07, 6.45) is 2.00. The van der Waals surface area contributed by atoms with E-state index in [1.807, 2.05) is 0 Å². The number of hydrogen-bond donors (Lipinski definition) is 1. The maximum atomic E-state index is 4.83. The second-order valence-corrected chi connectivity index (χ2v) is 6.42. The molecule has 0 amide bonds. The molecule has 110 valence electrons. The van der Waals surface area contributed by atoms with Gasteiger partial charge in [0.2, 0.25) is 0 Å². The quantitative estimate of drug-likeness (QED) is 0.900. The molecule has 0 unspecified atom stereocenters. The van der Waals surface area contributed by atoms with Gasteiger partial charge in [-0.3, -0.25) is 0 Å². The van der Waals surface area contributed by atoms with Crippen molar-refractivity contribution < 1.29 is 0 Å². The van der Waals surface area contributed by atoms with Crippen LogP contribution in [0.15, 0.2) is 16.6 Å². The van der Waals surface area contributed by atoms with Gasteiger partial charge in [-0.15, -0.1) is 0 Å². The fourth-order valence-corrected chi connectivity index (χ4v) is 3.16. The summed E-state index contributed by atoms with van der Waals surface area (Å²) in [5.41, 5.74) is 7.28. The number of halogens is 1. The maximum Gasteiger partial charge on any atom is 0.159 e. The second kappa shape index (κ2) is 5.85. The number of fused-ring (bicyclic) bond motifs is 1. The molecule has 1 aliphatic rings. The lowest BCUT2D eigenvalue weighted by molar-refractivity contribution is 0.617. The molecule has 0 aliphatic carbocycles. The van der Waals surface area contributed by atoms with Gasteiger partial charge in [-0.25, -0.2) is 9.97 Å². The SMILES string of the molecule is CCc1nc(-c2cc(C)c(Br)c(C)c2)nc2c1CCNC2. The van der Waals surface area contributed by atoms with Crippen molar-refractivity contribution in [2.75, 3.05) is 6.54 Å². The van der Waals surface area contributed by atoms with Gasteiger partial charge >= 0.3 is 0 Å². The van der Waals surface area contributed by atoms with Crippen LogP contribution in [0.1, 0.15) is 35.0 Å². The van der Waals surface area contributed by atoms with E-state index in [1.54, 1.807) is 0 Å². The molecule has 3 rings (SSSR count). The van der Waals surface area contributed by atoms with Crippen molar-refractivity contribution in [3.8, 4) is 11.4 Å². The minimum Gasteiger partial charge on any atom is -0.311 e. The number of hydrogen-bond acceptors (Lipinski definition) is 3. The minimum absolute atomic E-state index is 0.854. The van der Waals surface area contributed by atoms with E-state index in [0.717, 1.165) is 37.3 Å². The minimum atomic E-state index is 0.854. The van der Waals surface area contributed by atoms with Crippen molar-refractivity contribution in [3.05, 3.63) is 44.7 Å². The monoisotopic (exact) mass is 345 g/mol. The summed E-state index contributed by atoms with van der Waals surface area (Å²) in [4.78, 5) is 9.65. The lowest BCUT2D eigenvalue weighted by atomic mass is 10.0. The van der Waals surface area contributed by atoms with Gasteiger partial charge in [0, 0.05) is 22.3 Å². The van der Waals surface area contributed by atoms with Crippen molar-refractivity contribution in [1.29, 1.82) is 0 Å². The first-order valence-corrected chi connectivity index (χ1v) is 8.26. The van der Waals surface area contributed by atoms with Crippen LogP contribution in [-0.4, -0.2) is 16.5 Å². The third-order valence-electron chi connectivity index (χ3n) is 4.05. The summed E-state index contributed by atoms with van der Waals surface area (Å²) in [5, 5.41) is 3.41. The van der Waals surface area contributed by atoms with Crippen LogP contribution >= 0.6 is 15.9 Å². The van der Waals surface area contributed by atoms with Crippen LogP contribution in [0.5, 0.6) is 0 Å². The summed E-state index contributed by atoms with van der Waals surface area (Å²) < 4.78 is 1.17. The highest BCUT2D eigenvalue weighted by Gasteiger charge is 2.17. The Morgan fingerprint density at radius 2 is 1.90 bits per heavy atom. The predicted molar refractivity (Wildman–Crippen MR) is 89.4 cm³/mol. The summed E-state index contributed by atoms with van der Waals surface area (Å²) in [7, 11) is 0. The molecule has 3 nitrogen and oxygen atoms in total. The smallest absolute Gasteiger partial charge is 0.159 e. The fraction of sp³-hybridized carbons (Fsp3) is 0.412. The number of aromatic nitrogens is 2. The molecule has 2 heterocycles. The summed E-state index contributed by atoms with van der Waals surface area (Å²) in [6.45, 7) is 8.28. The lowest BCUT2D eigenvalue weighted by Crippen LogP contribution is -2.26. The maximum absolute atomic E-state index is 4.83. The molecule has 1 N–H and O–H groups in total. The van der Waals surface area contributed by atoms with Crippen molar-refractivity contribution in [3.63, 3.8) is 0 Å². The van der Waals surface area contributed by atoms with E-state index in [-0.39, 0.29) is 0 Å². The number of rotatable bonds is 2. The molecule has 0 saturated carbocycles. The first-order chi connectivity index (χ1) is 10.1. The Morgan fingerprint density at radius 3 is 2.57 bits per heavy atom. The predicted octanol–water partition coefficient (Wildman–Crippen LogP) is 3.73. The van der Waals surface area contributed by atoms with Crippen LogP contribution in [0, 0.1) is 13.8 Å². The first kappa shape index (κ1) is 14.7. The van der Waals surface area contributed by atoms with Gasteiger partial charge in [0.1, 0.15) is 0 Å². The molecule has 0 saturated heterocycles. The Kier molecular flexibility index (Phi) is 4.09. The van der Waals surface area contributed by atoms with Crippen LogP contribution in [0.2, 0.25) is 0 Å². The molecule has 21 heavy (non-hydrogen) atoms. The Morgan fingerprint density at radius 1 is 1.19 bits per heavy atom. The van der Waals surface area contributed by atoms with Crippen LogP contribution in [0.3, 0.4) is 0 Å². The van der Waals surface area contributed by atoms with Crippen molar-refractivity contribution in [2.24, 2.45) is 0 Å². The van der Waals surface area contributed by atoms with E-state index >= 15 is 0 Å². The van der Waals surface area contributed by atoms with Gasteiger partial charge in [0.25, 0.3) is 0 Å². The molecule has 2 aromatic rings. The van der Waals surface area contributed by atoms with E-state index < -0.39 is 0 Å². The molecule has 1 aliphatic heterocycles. The molecule has 0 bridgehead atoms. The van der Waals surface area contributed by atoms with Gasteiger partial charge in [0.15, 0.2) is 5.82 Å². The van der Waals surface area contributed by atoms with E-state index in [9.17, 15) is 0 Å². The van der Waals surface area contributed by atoms with E-state index in [2.05, 4.69) is 54.2 Å². The average Bonchev–Trinajstić information content (AvgIpc) is 2.51. The third kappa shape index (κ3) is 2.74. The van der Waals surface area contributed by atoms with E-state index in [1.165, 1.54) is 32.6 Å². The molecular weight excluding hydrogens is 326 g/mol. The highest BCUT2D eigenvalue weighted by Crippen LogP contribution is 2.28. The highest BCUT2D eigenvalue weighted by molar-refractivity contribution is 9.10. The number of nitrogens with one attached hydrogen (secondary N) is 1. The van der Waals surface area contributed by atoms with E-state index in [4.69, 9.17) is 9.97 Å². The first-order valence-electron chi connectivity index (χ1n) is 7.46. The van der Waals surface area contributed by atoms with Crippen LogP contribution < -0.4 is 5.32 Å². The summed E-state index contributed by atoms with van der Waals surface area (Å²) >= 11 is 3.62. The molecule has 1 aromatic carbocycles. The molecule has 1 aromatic heterocycles. The van der Waals surface area contributed by atoms with Crippen LogP contribution in [-0.2, 0) is 19.4 Å². The summed E-state index contributed by atoms with van der Waals surface area (Å²) in [5.74, 6) is 0.855. The van der Waals surface area contributed by atoms with Gasteiger partial charge in [-0.05, 0) is 62.1 Å². The largest absolute Gasteiger partial charge is 0.311 e. The standard InChI is InChI=1S/C17H20BrN3/c1-4-14-13-5-6-19-9-15(13)21-17(20-14)12-7-10(2)16(18)11(3)8-12/h7-8,19H,4-6,9H2,1-3H3.